The van der Waals surface area contributed by atoms with Crippen molar-refractivity contribution in [2.45, 2.75) is 5.16 Å². The van der Waals surface area contributed by atoms with Crippen LogP contribution in [0, 0.1) is 11.3 Å². The number of aromatic nitrogens is 3. The van der Waals surface area contributed by atoms with Crippen LogP contribution in [-0.2, 0) is 4.79 Å². The Morgan fingerprint density at radius 1 is 0.972 bits per heavy atom. The summed E-state index contributed by atoms with van der Waals surface area (Å²) in [6.07, 6.45) is 0. The highest BCUT2D eigenvalue weighted by atomic mass is 35.5. The third-order valence-electron chi connectivity index (χ3n) is 5.29. The summed E-state index contributed by atoms with van der Waals surface area (Å²) in [5.41, 5.74) is 3.36. The summed E-state index contributed by atoms with van der Waals surface area (Å²) in [7, 11) is 0. The van der Waals surface area contributed by atoms with Crippen molar-refractivity contribution in [3.05, 3.63) is 95.5 Å². The summed E-state index contributed by atoms with van der Waals surface area (Å²) in [5.74, 6) is 0.889. The number of carbonyl (C=O) groups is 1. The number of nitriles is 1. The molecule has 0 aliphatic rings. The number of anilines is 1. The molecule has 176 valence electrons. The monoisotopic (exact) mass is 511 g/mol. The largest absolute Gasteiger partial charge is 0.438 e. The molecule has 36 heavy (non-hydrogen) atoms. The Labute approximate surface area is 216 Å². The van der Waals surface area contributed by atoms with E-state index in [2.05, 4.69) is 26.6 Å². The summed E-state index contributed by atoms with van der Waals surface area (Å²) >= 11 is 7.10. The molecule has 0 radical (unpaired) electrons. The van der Waals surface area contributed by atoms with Gasteiger partial charge >= 0.3 is 0 Å². The van der Waals surface area contributed by atoms with Crippen LogP contribution in [0.1, 0.15) is 5.56 Å². The van der Waals surface area contributed by atoms with Crippen LogP contribution in [0.4, 0.5) is 5.88 Å². The van der Waals surface area contributed by atoms with E-state index in [1.165, 1.54) is 11.8 Å². The number of carbonyl (C=O) groups excluding carboxylic acids is 1. The lowest BCUT2D eigenvalue weighted by Gasteiger charge is -2.03. The number of hydrogen-bond donors (Lipinski definition) is 2. The second kappa shape index (κ2) is 10.5. The second-order valence-corrected chi connectivity index (χ2v) is 9.04. The van der Waals surface area contributed by atoms with Crippen LogP contribution in [0.2, 0.25) is 5.02 Å². The van der Waals surface area contributed by atoms with E-state index in [9.17, 15) is 10.1 Å². The first-order valence-corrected chi connectivity index (χ1v) is 12.3. The van der Waals surface area contributed by atoms with Gasteiger partial charge in [-0.25, -0.2) is 4.98 Å². The van der Waals surface area contributed by atoms with Crippen LogP contribution in [-0.4, -0.2) is 26.8 Å². The molecular formula is C27H18ClN5O2S. The molecule has 7 nitrogen and oxygen atoms in total. The smallest absolute Gasteiger partial charge is 0.237 e. The van der Waals surface area contributed by atoms with E-state index >= 15 is 0 Å². The number of hydrogen-bond acceptors (Lipinski definition) is 6. The molecule has 0 aliphatic heterocycles. The summed E-state index contributed by atoms with van der Waals surface area (Å²) < 4.78 is 6.06. The standard InChI is InChI=1S/C27H18ClN5O2S/c28-20-13-11-19(12-14-20)25-31-27(33-32-25)36-16-22(34)30-26-21(15-29)23(17-7-3-1-4-8-17)24(35-26)18-9-5-2-6-10-18/h1-14H,16H2,(H,30,34)(H,31,32,33). The number of halogens is 1. The highest BCUT2D eigenvalue weighted by Crippen LogP contribution is 2.41. The molecule has 2 heterocycles. The van der Waals surface area contributed by atoms with E-state index < -0.39 is 0 Å². The van der Waals surface area contributed by atoms with Crippen LogP contribution < -0.4 is 5.32 Å². The number of amides is 1. The van der Waals surface area contributed by atoms with Crippen LogP contribution in [0.25, 0.3) is 33.8 Å². The molecule has 1 amide bonds. The van der Waals surface area contributed by atoms with Gasteiger partial charge in [-0.2, -0.15) is 5.26 Å². The van der Waals surface area contributed by atoms with E-state index in [1.54, 1.807) is 12.1 Å². The first kappa shape index (κ1) is 23.4. The number of thioether (sulfide) groups is 1. The van der Waals surface area contributed by atoms with Gasteiger partial charge in [-0.3, -0.25) is 15.2 Å². The predicted molar refractivity (Wildman–Crippen MR) is 140 cm³/mol. The van der Waals surface area contributed by atoms with Crippen molar-refractivity contribution in [1.29, 1.82) is 5.26 Å². The normalized spacial score (nSPS) is 10.7. The summed E-state index contributed by atoms with van der Waals surface area (Å²) in [5, 5.41) is 20.8. The number of furan rings is 1. The van der Waals surface area contributed by atoms with Gasteiger partial charge in [0.1, 0.15) is 17.4 Å². The first-order valence-electron chi connectivity index (χ1n) is 10.9. The Morgan fingerprint density at radius 2 is 1.64 bits per heavy atom. The molecular weight excluding hydrogens is 494 g/mol. The minimum absolute atomic E-state index is 0.0326. The summed E-state index contributed by atoms with van der Waals surface area (Å²) in [6.45, 7) is 0. The van der Waals surface area contributed by atoms with Gasteiger partial charge in [0.15, 0.2) is 5.82 Å². The Morgan fingerprint density at radius 3 is 2.31 bits per heavy atom. The molecule has 0 saturated carbocycles. The number of aromatic amines is 1. The number of rotatable bonds is 7. The zero-order valence-corrected chi connectivity index (χ0v) is 20.3. The van der Waals surface area contributed by atoms with Crippen molar-refractivity contribution in [1.82, 2.24) is 15.2 Å². The van der Waals surface area contributed by atoms with Crippen molar-refractivity contribution in [2.24, 2.45) is 0 Å². The van der Waals surface area contributed by atoms with Gasteiger partial charge in [0.05, 0.1) is 5.75 Å². The van der Waals surface area contributed by atoms with Crippen LogP contribution in [0.3, 0.4) is 0 Å². The molecule has 9 heteroatoms. The van der Waals surface area contributed by atoms with Crippen molar-refractivity contribution in [3.8, 4) is 39.9 Å². The predicted octanol–water partition coefficient (Wildman–Crippen LogP) is 6.65. The maximum Gasteiger partial charge on any atom is 0.237 e. The van der Waals surface area contributed by atoms with Gasteiger partial charge in [0, 0.05) is 21.7 Å². The fourth-order valence-electron chi connectivity index (χ4n) is 3.64. The molecule has 0 unspecified atom stereocenters. The third-order valence-corrected chi connectivity index (χ3v) is 6.39. The maximum absolute atomic E-state index is 12.8. The van der Waals surface area contributed by atoms with Gasteiger partial charge < -0.3 is 4.42 Å². The molecule has 0 bridgehead atoms. The molecule has 0 spiro atoms. The Bertz CT molecular complexity index is 1540. The SMILES string of the molecule is N#Cc1c(NC(=O)CSc2n[nH]c(-c3ccc(Cl)cc3)n2)oc(-c2ccccc2)c1-c1ccccc1. The quantitative estimate of drug-likeness (QED) is 0.237. The first-order chi connectivity index (χ1) is 17.6. The average Bonchev–Trinajstić information content (AvgIpc) is 3.54. The fourth-order valence-corrected chi connectivity index (χ4v) is 4.36. The molecule has 2 aromatic heterocycles. The lowest BCUT2D eigenvalue weighted by Crippen LogP contribution is -2.14. The highest BCUT2D eigenvalue weighted by Gasteiger charge is 2.24. The lowest BCUT2D eigenvalue weighted by atomic mass is 9.98. The highest BCUT2D eigenvalue weighted by molar-refractivity contribution is 7.99. The number of nitrogens with zero attached hydrogens (tertiary/aromatic N) is 3. The van der Waals surface area contributed by atoms with E-state index in [4.69, 9.17) is 16.0 Å². The van der Waals surface area contributed by atoms with Gasteiger partial charge in [0.2, 0.25) is 16.9 Å². The van der Waals surface area contributed by atoms with Crippen LogP contribution >= 0.6 is 23.4 Å². The second-order valence-electron chi connectivity index (χ2n) is 7.66. The maximum atomic E-state index is 12.8. The van der Waals surface area contributed by atoms with Gasteiger partial charge in [-0.05, 0) is 29.8 Å². The molecule has 0 saturated heterocycles. The Kier molecular flexibility index (Phi) is 6.85. The molecule has 3 aromatic carbocycles. The fraction of sp³-hybridized carbons (Fsp3) is 0.0370. The van der Waals surface area contributed by atoms with Crippen molar-refractivity contribution in [2.75, 3.05) is 11.1 Å². The van der Waals surface area contributed by atoms with Gasteiger partial charge in [-0.15, -0.1) is 5.10 Å². The van der Waals surface area contributed by atoms with Crippen LogP contribution in [0.5, 0.6) is 0 Å². The van der Waals surface area contributed by atoms with Crippen molar-refractivity contribution < 1.29 is 9.21 Å². The Hall–Kier alpha value is -4.32. The number of nitrogens with one attached hydrogen (secondary N) is 2. The van der Waals surface area contributed by atoms with Crippen molar-refractivity contribution >= 4 is 35.2 Å². The third kappa shape index (κ3) is 5.03. The van der Waals surface area contributed by atoms with E-state index in [1.807, 2.05) is 72.8 Å². The summed E-state index contributed by atoms with van der Waals surface area (Å²) in [6, 6.07) is 28.4. The topological polar surface area (TPSA) is 108 Å². The Balaban J connectivity index is 1.36. The minimum Gasteiger partial charge on any atom is -0.438 e. The van der Waals surface area contributed by atoms with Crippen molar-refractivity contribution in [3.63, 3.8) is 0 Å². The van der Waals surface area contributed by atoms with Gasteiger partial charge in [0.25, 0.3) is 0 Å². The number of benzene rings is 3. The molecule has 5 aromatic rings. The van der Waals surface area contributed by atoms with Gasteiger partial charge in [-0.1, -0.05) is 84.0 Å². The zero-order chi connectivity index (χ0) is 24.9. The zero-order valence-electron chi connectivity index (χ0n) is 18.7. The molecule has 0 aliphatic carbocycles. The molecule has 2 N–H and O–H groups in total. The molecule has 0 fully saturated rings. The molecule has 0 atom stereocenters. The minimum atomic E-state index is -0.345. The van der Waals surface area contributed by atoms with E-state index in [-0.39, 0.29) is 23.1 Å². The molecule has 5 rings (SSSR count). The summed E-state index contributed by atoms with van der Waals surface area (Å²) in [4.78, 5) is 17.2. The average molecular weight is 512 g/mol. The number of H-pyrrole nitrogens is 1. The van der Waals surface area contributed by atoms with E-state index in [0.717, 1.165) is 16.7 Å². The lowest BCUT2D eigenvalue weighted by molar-refractivity contribution is -0.113. The van der Waals surface area contributed by atoms with E-state index in [0.29, 0.717) is 27.3 Å². The van der Waals surface area contributed by atoms with Crippen LogP contribution in [0.15, 0.2) is 94.5 Å².